The number of rotatable bonds is 8. The lowest BCUT2D eigenvalue weighted by Gasteiger charge is -2.34. The Hall–Kier alpha value is -2.31. The Morgan fingerprint density at radius 3 is 2.53 bits per heavy atom. The van der Waals surface area contributed by atoms with Crippen LogP contribution in [-0.4, -0.2) is 40.5 Å². The van der Waals surface area contributed by atoms with Gasteiger partial charge < -0.3 is 10.2 Å². The molecule has 1 aliphatic carbocycles. The molecule has 1 fully saturated rings. The average Bonchev–Trinajstić information content (AvgIpc) is 2.80. The second kappa shape index (κ2) is 11.0. The van der Waals surface area contributed by atoms with Crippen molar-refractivity contribution < 1.29 is 0 Å². The van der Waals surface area contributed by atoms with Crippen LogP contribution in [0.1, 0.15) is 43.9 Å². The number of benzene rings is 1. The molecule has 0 bridgehead atoms. The lowest BCUT2D eigenvalue weighted by Crippen LogP contribution is -2.44. The van der Waals surface area contributed by atoms with E-state index in [1.165, 1.54) is 36.2 Å². The van der Waals surface area contributed by atoms with Crippen LogP contribution in [0.4, 0.5) is 17.5 Å². The number of unbranched alkanes of at least 4 members (excludes halogenated alkanes) is 1. The molecule has 1 N–H and O–H groups in total. The first-order valence-electron chi connectivity index (χ1n) is 11.8. The first-order valence-corrected chi connectivity index (χ1v) is 12.6. The van der Waals surface area contributed by atoms with Crippen LogP contribution < -0.4 is 10.2 Å². The first kappa shape index (κ1) is 22.9. The molecule has 1 aromatic heterocycles. The quantitative estimate of drug-likeness (QED) is 0.480. The minimum absolute atomic E-state index is 0.734. The van der Waals surface area contributed by atoms with E-state index < -0.39 is 0 Å². The van der Waals surface area contributed by atoms with Crippen molar-refractivity contribution >= 4 is 29.4 Å². The molecule has 6 heteroatoms. The molecule has 0 amide bonds. The predicted octanol–water partition coefficient (Wildman–Crippen LogP) is 6.26. The zero-order chi connectivity index (χ0) is 22.3. The van der Waals surface area contributed by atoms with E-state index in [-0.39, 0.29) is 0 Å². The third-order valence-corrected chi connectivity index (χ3v) is 7.14. The van der Waals surface area contributed by atoms with Crippen molar-refractivity contribution in [2.24, 2.45) is 5.92 Å². The molecule has 1 aromatic carbocycles. The SMILES string of the molecule is CCCCC1C=CC(SN2CCN(c3nc(C)cc(Nc4ccc(C)cc4)n3)CC2)=CC1. The first-order chi connectivity index (χ1) is 15.6. The highest BCUT2D eigenvalue weighted by Gasteiger charge is 2.21. The third-order valence-electron chi connectivity index (χ3n) is 6.01. The van der Waals surface area contributed by atoms with Crippen molar-refractivity contribution in [1.29, 1.82) is 0 Å². The van der Waals surface area contributed by atoms with Gasteiger partial charge in [0.25, 0.3) is 0 Å². The molecule has 0 radical (unpaired) electrons. The normalized spacial score (nSPS) is 19.2. The summed E-state index contributed by atoms with van der Waals surface area (Å²) >= 11 is 1.90. The summed E-state index contributed by atoms with van der Waals surface area (Å²) in [5, 5.41) is 3.42. The molecule has 1 aliphatic heterocycles. The third kappa shape index (κ3) is 6.36. The predicted molar refractivity (Wildman–Crippen MR) is 137 cm³/mol. The van der Waals surface area contributed by atoms with E-state index in [0.717, 1.165) is 55.2 Å². The van der Waals surface area contributed by atoms with Gasteiger partial charge in [-0.25, -0.2) is 9.29 Å². The van der Waals surface area contributed by atoms with Gasteiger partial charge in [-0.3, -0.25) is 0 Å². The van der Waals surface area contributed by atoms with Gasteiger partial charge in [-0.1, -0.05) is 55.7 Å². The Morgan fingerprint density at radius 2 is 1.84 bits per heavy atom. The Morgan fingerprint density at radius 1 is 1.06 bits per heavy atom. The van der Waals surface area contributed by atoms with Gasteiger partial charge in [0.1, 0.15) is 5.82 Å². The molecule has 0 saturated carbocycles. The van der Waals surface area contributed by atoms with Crippen LogP contribution in [0.2, 0.25) is 0 Å². The Balaban J connectivity index is 1.30. The fraction of sp³-hybridized carbons (Fsp3) is 0.462. The second-order valence-corrected chi connectivity index (χ2v) is 9.97. The number of nitrogens with zero attached hydrogens (tertiary/aromatic N) is 4. The molecule has 32 heavy (non-hydrogen) atoms. The van der Waals surface area contributed by atoms with Gasteiger partial charge in [0.05, 0.1) is 0 Å². The minimum Gasteiger partial charge on any atom is -0.340 e. The fourth-order valence-electron chi connectivity index (χ4n) is 4.06. The monoisotopic (exact) mass is 449 g/mol. The molecule has 4 rings (SSSR count). The maximum absolute atomic E-state index is 4.80. The number of allylic oxidation sites excluding steroid dienone is 3. The van der Waals surface area contributed by atoms with Crippen LogP contribution in [-0.2, 0) is 0 Å². The lowest BCUT2D eigenvalue weighted by molar-refractivity contribution is 0.427. The number of piperazine rings is 1. The number of nitrogens with one attached hydrogen (secondary N) is 1. The zero-order valence-electron chi connectivity index (χ0n) is 19.6. The summed E-state index contributed by atoms with van der Waals surface area (Å²) < 4.78 is 2.47. The maximum Gasteiger partial charge on any atom is 0.227 e. The summed E-state index contributed by atoms with van der Waals surface area (Å²) in [5.41, 5.74) is 3.28. The van der Waals surface area contributed by atoms with E-state index in [1.807, 2.05) is 24.9 Å². The van der Waals surface area contributed by atoms with Gasteiger partial charge in [0, 0.05) is 48.5 Å². The van der Waals surface area contributed by atoms with E-state index in [0.29, 0.717) is 0 Å². The summed E-state index contributed by atoms with van der Waals surface area (Å²) in [5.74, 6) is 2.40. The van der Waals surface area contributed by atoms with Crippen molar-refractivity contribution in [2.45, 2.75) is 46.5 Å². The topological polar surface area (TPSA) is 44.3 Å². The van der Waals surface area contributed by atoms with E-state index >= 15 is 0 Å². The zero-order valence-corrected chi connectivity index (χ0v) is 20.4. The highest BCUT2D eigenvalue weighted by molar-refractivity contribution is 8.01. The number of hydrogen-bond donors (Lipinski definition) is 1. The Labute approximate surface area is 197 Å². The second-order valence-electron chi connectivity index (χ2n) is 8.80. The standard InChI is InChI=1S/C26H35N5S/c1-4-5-6-22-9-13-24(14-10-22)32-31-17-15-30(16-18-31)26-27-21(3)19-25(29-26)28-23-11-7-20(2)8-12-23/h7-9,11-14,19,22H,4-6,10,15-18H2,1-3H3,(H,27,28,29). The molecule has 1 saturated heterocycles. The molecule has 5 nitrogen and oxygen atoms in total. The van der Waals surface area contributed by atoms with Gasteiger partial charge in [0.15, 0.2) is 0 Å². The fourth-order valence-corrected chi connectivity index (χ4v) is 5.02. The molecule has 0 spiro atoms. The van der Waals surface area contributed by atoms with Crippen LogP contribution in [0, 0.1) is 19.8 Å². The van der Waals surface area contributed by atoms with Crippen LogP contribution >= 0.6 is 11.9 Å². The van der Waals surface area contributed by atoms with Crippen molar-refractivity contribution in [3.63, 3.8) is 0 Å². The maximum atomic E-state index is 4.80. The Kier molecular flexibility index (Phi) is 7.87. The van der Waals surface area contributed by atoms with Gasteiger partial charge in [-0.15, -0.1) is 0 Å². The summed E-state index contributed by atoms with van der Waals surface area (Å²) in [4.78, 5) is 13.2. The number of aromatic nitrogens is 2. The minimum atomic E-state index is 0.734. The smallest absolute Gasteiger partial charge is 0.227 e. The van der Waals surface area contributed by atoms with Crippen LogP contribution in [0.15, 0.2) is 53.5 Å². The molecule has 170 valence electrons. The van der Waals surface area contributed by atoms with Crippen LogP contribution in [0.3, 0.4) is 0 Å². The van der Waals surface area contributed by atoms with Crippen molar-refractivity contribution in [3.05, 3.63) is 64.7 Å². The number of anilines is 3. The Bertz CT molecular complexity index is 945. The van der Waals surface area contributed by atoms with Gasteiger partial charge in [-0.2, -0.15) is 4.98 Å². The van der Waals surface area contributed by atoms with Crippen molar-refractivity contribution in [3.8, 4) is 0 Å². The highest BCUT2D eigenvalue weighted by atomic mass is 32.2. The van der Waals surface area contributed by atoms with E-state index in [2.05, 4.69) is 70.9 Å². The largest absolute Gasteiger partial charge is 0.340 e. The van der Waals surface area contributed by atoms with Gasteiger partial charge in [-0.05, 0) is 56.7 Å². The molecule has 2 heterocycles. The molecular weight excluding hydrogens is 414 g/mol. The van der Waals surface area contributed by atoms with Gasteiger partial charge in [0.2, 0.25) is 5.95 Å². The van der Waals surface area contributed by atoms with Crippen molar-refractivity contribution in [2.75, 3.05) is 36.4 Å². The number of aryl methyl sites for hydroxylation is 2. The molecule has 2 aromatic rings. The number of hydrogen-bond acceptors (Lipinski definition) is 6. The molecule has 1 unspecified atom stereocenters. The van der Waals surface area contributed by atoms with E-state index in [9.17, 15) is 0 Å². The van der Waals surface area contributed by atoms with E-state index in [4.69, 9.17) is 9.97 Å². The highest BCUT2D eigenvalue weighted by Crippen LogP contribution is 2.31. The summed E-state index contributed by atoms with van der Waals surface area (Å²) in [6.07, 6.45) is 12.3. The van der Waals surface area contributed by atoms with Crippen molar-refractivity contribution in [1.82, 2.24) is 14.3 Å². The molecular formula is C26H35N5S. The van der Waals surface area contributed by atoms with Gasteiger partial charge >= 0.3 is 0 Å². The molecule has 2 aliphatic rings. The van der Waals surface area contributed by atoms with Crippen LogP contribution in [0.5, 0.6) is 0 Å². The summed E-state index contributed by atoms with van der Waals surface area (Å²) in [7, 11) is 0. The van der Waals surface area contributed by atoms with E-state index in [1.54, 1.807) is 0 Å². The van der Waals surface area contributed by atoms with Crippen LogP contribution in [0.25, 0.3) is 0 Å². The average molecular weight is 450 g/mol. The summed E-state index contributed by atoms with van der Waals surface area (Å²) in [6, 6.07) is 10.4. The summed E-state index contributed by atoms with van der Waals surface area (Å²) in [6.45, 7) is 10.3. The molecule has 1 atom stereocenters. The lowest BCUT2D eigenvalue weighted by atomic mass is 9.95.